The first kappa shape index (κ1) is 22.1. The number of amides is 2. The Labute approximate surface area is 183 Å². The van der Waals surface area contributed by atoms with E-state index in [1.807, 2.05) is 0 Å². The topological polar surface area (TPSA) is 59.1 Å². The molecule has 0 saturated carbocycles. The van der Waals surface area contributed by atoms with Gasteiger partial charge in [-0.15, -0.1) is 0 Å². The van der Waals surface area contributed by atoms with Gasteiger partial charge in [0.15, 0.2) is 0 Å². The van der Waals surface area contributed by atoms with Gasteiger partial charge in [0.05, 0.1) is 13.7 Å². The van der Waals surface area contributed by atoms with Crippen molar-refractivity contribution in [1.82, 2.24) is 4.90 Å². The van der Waals surface area contributed by atoms with Gasteiger partial charge in [-0.2, -0.15) is 13.2 Å². The van der Waals surface area contributed by atoms with Crippen molar-refractivity contribution in [2.45, 2.75) is 30.2 Å². The summed E-state index contributed by atoms with van der Waals surface area (Å²) >= 11 is 0. The largest absolute Gasteiger partial charge is 0.497 e. The average Bonchev–Trinajstić information content (AvgIpc) is 3.25. The number of hydrogen-bond acceptors (Lipinski definition) is 4. The molecule has 2 aromatic carbocycles. The van der Waals surface area contributed by atoms with Gasteiger partial charge >= 0.3 is 6.18 Å². The van der Waals surface area contributed by atoms with Gasteiger partial charge < -0.3 is 19.3 Å². The summed E-state index contributed by atoms with van der Waals surface area (Å²) in [6, 6.07) is 13.6. The van der Waals surface area contributed by atoms with Crippen LogP contribution in [-0.4, -0.2) is 55.7 Å². The molecule has 170 valence electrons. The monoisotopic (exact) mass is 448 g/mol. The van der Waals surface area contributed by atoms with E-state index in [1.54, 1.807) is 30.3 Å². The maximum absolute atomic E-state index is 14.4. The van der Waals surface area contributed by atoms with Crippen LogP contribution in [-0.2, 0) is 19.9 Å². The lowest BCUT2D eigenvalue weighted by Gasteiger charge is -2.52. The Balaban J connectivity index is 1.68. The van der Waals surface area contributed by atoms with Gasteiger partial charge in [0.25, 0.3) is 17.4 Å². The van der Waals surface area contributed by atoms with Crippen LogP contribution in [0.5, 0.6) is 5.75 Å². The molecule has 0 aromatic heterocycles. The maximum Gasteiger partial charge on any atom is 0.430 e. The fourth-order valence-electron chi connectivity index (χ4n) is 4.69. The minimum Gasteiger partial charge on any atom is -0.497 e. The van der Waals surface area contributed by atoms with E-state index in [0.29, 0.717) is 24.3 Å². The Morgan fingerprint density at radius 2 is 1.69 bits per heavy atom. The van der Waals surface area contributed by atoms with Crippen LogP contribution in [0.1, 0.15) is 18.4 Å². The smallest absolute Gasteiger partial charge is 0.430 e. The molecule has 32 heavy (non-hydrogen) atoms. The van der Waals surface area contributed by atoms with Crippen LogP contribution in [0.25, 0.3) is 0 Å². The summed E-state index contributed by atoms with van der Waals surface area (Å²) in [5.74, 6) is -1.04. The minimum atomic E-state index is -5.02. The van der Waals surface area contributed by atoms with E-state index in [0.717, 1.165) is 12.0 Å². The molecule has 2 saturated heterocycles. The van der Waals surface area contributed by atoms with Crippen molar-refractivity contribution in [3.63, 3.8) is 0 Å². The van der Waals surface area contributed by atoms with E-state index in [9.17, 15) is 22.8 Å². The van der Waals surface area contributed by atoms with Crippen LogP contribution in [0.2, 0.25) is 0 Å². The molecule has 0 aliphatic carbocycles. The number of anilines is 1. The second-order valence-electron chi connectivity index (χ2n) is 7.93. The number of ether oxygens (including phenoxy) is 2. The molecule has 2 aliphatic heterocycles. The predicted octanol–water partition coefficient (Wildman–Crippen LogP) is 3.51. The zero-order chi connectivity index (χ0) is 23.1. The highest BCUT2D eigenvalue weighted by Gasteiger charge is 2.69. The SMILES string of the molecule is COc1ccc(N2C[C@]3(CCCN3C(=O)[C@@](OC)(c3ccccc3)C(F)(F)F)C2=O)cc1. The highest BCUT2D eigenvalue weighted by atomic mass is 19.4. The lowest BCUT2D eigenvalue weighted by Crippen LogP contribution is -2.75. The van der Waals surface area contributed by atoms with Crippen LogP contribution in [0.3, 0.4) is 0 Å². The van der Waals surface area contributed by atoms with Crippen molar-refractivity contribution in [1.29, 1.82) is 0 Å². The molecule has 4 rings (SSSR count). The molecule has 2 aromatic rings. The molecule has 0 unspecified atom stereocenters. The van der Waals surface area contributed by atoms with Crippen molar-refractivity contribution >= 4 is 17.5 Å². The molecular formula is C23H23F3N2O4. The molecule has 2 heterocycles. The molecule has 2 atom stereocenters. The number of benzene rings is 2. The number of rotatable bonds is 5. The zero-order valence-corrected chi connectivity index (χ0v) is 17.7. The molecule has 0 bridgehead atoms. The molecule has 6 nitrogen and oxygen atoms in total. The number of β-lactam (4-membered cyclic amide) rings is 1. The van der Waals surface area contributed by atoms with E-state index in [-0.39, 0.29) is 18.7 Å². The fourth-order valence-corrected chi connectivity index (χ4v) is 4.69. The van der Waals surface area contributed by atoms with E-state index < -0.39 is 29.1 Å². The molecule has 2 aliphatic rings. The molecule has 0 radical (unpaired) electrons. The number of hydrogen-bond donors (Lipinski definition) is 0. The summed E-state index contributed by atoms with van der Waals surface area (Å²) in [7, 11) is 2.39. The van der Waals surface area contributed by atoms with Crippen LogP contribution in [0, 0.1) is 0 Å². The molecule has 9 heteroatoms. The fraction of sp³-hybridized carbons (Fsp3) is 0.391. The Morgan fingerprint density at radius 1 is 1.03 bits per heavy atom. The Hall–Kier alpha value is -3.07. The van der Waals surface area contributed by atoms with Crippen LogP contribution < -0.4 is 9.64 Å². The van der Waals surface area contributed by atoms with Gasteiger partial charge in [-0.3, -0.25) is 9.59 Å². The van der Waals surface area contributed by atoms with Gasteiger partial charge in [0, 0.05) is 24.9 Å². The Morgan fingerprint density at radius 3 is 2.22 bits per heavy atom. The number of halogens is 3. The summed E-state index contributed by atoms with van der Waals surface area (Å²) in [5.41, 5.74) is -4.22. The first-order chi connectivity index (χ1) is 15.2. The van der Waals surface area contributed by atoms with Crippen molar-refractivity contribution in [3.8, 4) is 5.75 Å². The number of carbonyl (C=O) groups is 2. The first-order valence-electron chi connectivity index (χ1n) is 10.2. The number of nitrogens with zero attached hydrogens (tertiary/aromatic N) is 2. The third kappa shape index (κ3) is 3.06. The minimum absolute atomic E-state index is 0.0506. The number of methoxy groups -OCH3 is 2. The van der Waals surface area contributed by atoms with E-state index in [2.05, 4.69) is 0 Å². The van der Waals surface area contributed by atoms with Crippen molar-refractivity contribution < 1.29 is 32.2 Å². The molecule has 2 amide bonds. The third-order valence-electron chi connectivity index (χ3n) is 6.37. The van der Waals surface area contributed by atoms with Gasteiger partial charge in [0.2, 0.25) is 0 Å². The molecule has 1 spiro atoms. The van der Waals surface area contributed by atoms with Crippen LogP contribution in [0.4, 0.5) is 18.9 Å². The molecular weight excluding hydrogens is 425 g/mol. The average molecular weight is 448 g/mol. The standard InChI is InChI=1S/C23H23F3N2O4/c1-31-18-11-9-17(10-12-18)27-15-21(19(27)29)13-6-14-28(21)20(30)22(32-2,23(24,25)26)16-7-4-3-5-8-16/h3-5,7-12H,6,13-15H2,1-2H3/t21-,22+/m1/s1. The first-order valence-corrected chi connectivity index (χ1v) is 10.2. The van der Waals surface area contributed by atoms with Crippen molar-refractivity contribution in [2.75, 3.05) is 32.2 Å². The Kier molecular flexibility index (Phi) is 5.40. The third-order valence-corrected chi connectivity index (χ3v) is 6.37. The number of likely N-dealkylation sites (tertiary alicyclic amines) is 1. The molecule has 2 fully saturated rings. The lowest BCUT2D eigenvalue weighted by atomic mass is 9.82. The zero-order valence-electron chi connectivity index (χ0n) is 17.7. The second-order valence-corrected chi connectivity index (χ2v) is 7.93. The summed E-state index contributed by atoms with van der Waals surface area (Å²) in [6.07, 6.45) is -4.29. The van der Waals surface area contributed by atoms with Crippen molar-refractivity contribution in [2.24, 2.45) is 0 Å². The predicted molar refractivity (Wildman–Crippen MR) is 110 cm³/mol. The summed E-state index contributed by atoms with van der Waals surface area (Å²) in [6.45, 7) is 0.172. The highest BCUT2D eigenvalue weighted by Crippen LogP contribution is 2.48. The van der Waals surface area contributed by atoms with E-state index >= 15 is 0 Å². The summed E-state index contributed by atoms with van der Waals surface area (Å²) < 4.78 is 53.2. The second kappa shape index (κ2) is 7.81. The summed E-state index contributed by atoms with van der Waals surface area (Å²) in [4.78, 5) is 29.3. The maximum atomic E-state index is 14.4. The summed E-state index contributed by atoms with van der Waals surface area (Å²) in [5, 5.41) is 0. The van der Waals surface area contributed by atoms with Gasteiger partial charge in [-0.05, 0) is 37.1 Å². The Bertz CT molecular complexity index is 1010. The van der Waals surface area contributed by atoms with Gasteiger partial charge in [0.1, 0.15) is 11.3 Å². The van der Waals surface area contributed by atoms with Crippen molar-refractivity contribution in [3.05, 3.63) is 60.2 Å². The van der Waals surface area contributed by atoms with Gasteiger partial charge in [-0.1, -0.05) is 30.3 Å². The highest BCUT2D eigenvalue weighted by molar-refractivity contribution is 6.10. The lowest BCUT2D eigenvalue weighted by molar-refractivity contribution is -0.271. The number of alkyl halides is 3. The van der Waals surface area contributed by atoms with Crippen LogP contribution >= 0.6 is 0 Å². The number of carbonyl (C=O) groups excluding carboxylic acids is 2. The van der Waals surface area contributed by atoms with E-state index in [1.165, 1.54) is 36.3 Å². The molecule has 0 N–H and O–H groups in total. The van der Waals surface area contributed by atoms with E-state index in [4.69, 9.17) is 9.47 Å². The van der Waals surface area contributed by atoms with Gasteiger partial charge in [-0.25, -0.2) is 0 Å². The quantitative estimate of drug-likeness (QED) is 0.657. The van der Waals surface area contributed by atoms with Crippen LogP contribution in [0.15, 0.2) is 54.6 Å². The normalized spacial score (nSPS) is 22.6.